The molecule has 3 aromatic carbocycles. The number of carbonyl (C=O) groups is 2. The van der Waals surface area contributed by atoms with Crippen LogP contribution in [0.4, 0.5) is 5.69 Å². The van der Waals surface area contributed by atoms with E-state index in [0.29, 0.717) is 29.4 Å². The van der Waals surface area contributed by atoms with Gasteiger partial charge in [0.25, 0.3) is 10.0 Å². The molecule has 0 heterocycles. The van der Waals surface area contributed by atoms with Crippen LogP contribution >= 0.6 is 0 Å². The lowest BCUT2D eigenvalue weighted by molar-refractivity contribution is -0.134. The normalized spacial score (nSPS) is 11.3. The number of rotatable bonds is 8. The molecule has 0 radical (unpaired) electrons. The van der Waals surface area contributed by atoms with Crippen LogP contribution < -0.4 is 9.04 Å². The molecule has 3 aromatic rings. The van der Waals surface area contributed by atoms with Crippen molar-refractivity contribution in [3.05, 3.63) is 66.7 Å². The van der Waals surface area contributed by atoms with E-state index in [1.807, 2.05) is 13.8 Å². The number of hydrogen-bond acceptors (Lipinski definition) is 5. The Labute approximate surface area is 182 Å². The van der Waals surface area contributed by atoms with Gasteiger partial charge in [-0.15, -0.1) is 0 Å². The zero-order valence-electron chi connectivity index (χ0n) is 17.6. The van der Waals surface area contributed by atoms with E-state index in [1.165, 1.54) is 24.3 Å². The van der Waals surface area contributed by atoms with Gasteiger partial charge in [0.2, 0.25) is 5.91 Å². The van der Waals surface area contributed by atoms with E-state index in [9.17, 15) is 18.0 Å². The fraction of sp³-hybridized carbons (Fsp3) is 0.250. The van der Waals surface area contributed by atoms with Crippen LogP contribution in [-0.4, -0.2) is 20.3 Å². The van der Waals surface area contributed by atoms with Gasteiger partial charge in [-0.1, -0.05) is 56.3 Å². The maximum Gasteiger partial charge on any atom is 0.311 e. The average Bonchev–Trinajstić information content (AvgIpc) is 2.76. The molecule has 162 valence electrons. The lowest BCUT2D eigenvalue weighted by atomic mass is 10.1. The fourth-order valence-corrected chi connectivity index (χ4v) is 4.80. The van der Waals surface area contributed by atoms with Crippen molar-refractivity contribution in [1.82, 2.24) is 0 Å². The van der Waals surface area contributed by atoms with Gasteiger partial charge in [0.15, 0.2) is 0 Å². The quantitative estimate of drug-likeness (QED) is 0.362. The molecule has 0 aliphatic rings. The molecule has 0 spiro atoms. The standard InChI is InChI=1S/C24H25NO5S/c1-3-10-23(26)25(31(28,29)18-12-6-5-7-13-18)21-16-17-22(30-24(27)11-4-2)20-15-9-8-14-19(20)21/h5-9,12-17H,3-4,10-11H2,1-2H3. The molecule has 0 unspecified atom stereocenters. The van der Waals surface area contributed by atoms with Crippen molar-refractivity contribution in [3.63, 3.8) is 0 Å². The van der Waals surface area contributed by atoms with Gasteiger partial charge in [-0.25, -0.2) is 12.7 Å². The number of esters is 1. The Hall–Kier alpha value is -3.19. The summed E-state index contributed by atoms with van der Waals surface area (Å²) in [6.07, 6.45) is 1.51. The van der Waals surface area contributed by atoms with Crippen LogP contribution in [0.15, 0.2) is 71.6 Å². The molecule has 0 saturated heterocycles. The first-order valence-electron chi connectivity index (χ1n) is 10.3. The molecule has 7 heteroatoms. The molecule has 3 rings (SSSR count). The van der Waals surface area contributed by atoms with Crippen molar-refractivity contribution in [3.8, 4) is 5.75 Å². The van der Waals surface area contributed by atoms with Crippen LogP contribution in [-0.2, 0) is 19.6 Å². The monoisotopic (exact) mass is 439 g/mol. The fourth-order valence-electron chi connectivity index (χ4n) is 3.31. The number of nitrogens with zero attached hydrogens (tertiary/aromatic N) is 1. The van der Waals surface area contributed by atoms with Crippen LogP contribution in [0.1, 0.15) is 39.5 Å². The predicted molar refractivity (Wildman–Crippen MR) is 121 cm³/mol. The maximum atomic E-state index is 13.5. The molecule has 0 N–H and O–H groups in total. The molecule has 0 fully saturated rings. The first-order chi connectivity index (χ1) is 14.9. The summed E-state index contributed by atoms with van der Waals surface area (Å²) in [6, 6.07) is 17.9. The minimum absolute atomic E-state index is 0.0296. The molecule has 0 aliphatic heterocycles. The lowest BCUT2D eigenvalue weighted by Crippen LogP contribution is -2.37. The third kappa shape index (κ3) is 4.77. The molecule has 0 aliphatic carbocycles. The Morgan fingerprint density at radius 1 is 0.806 bits per heavy atom. The van der Waals surface area contributed by atoms with Crippen molar-refractivity contribution in [2.24, 2.45) is 0 Å². The van der Waals surface area contributed by atoms with Crippen LogP contribution in [0.2, 0.25) is 0 Å². The minimum Gasteiger partial charge on any atom is -0.426 e. The molecule has 31 heavy (non-hydrogen) atoms. The number of sulfonamides is 1. The highest BCUT2D eigenvalue weighted by Gasteiger charge is 2.32. The van der Waals surface area contributed by atoms with Crippen molar-refractivity contribution in [2.45, 2.75) is 44.4 Å². The van der Waals surface area contributed by atoms with Crippen molar-refractivity contribution >= 4 is 38.4 Å². The van der Waals surface area contributed by atoms with E-state index in [-0.39, 0.29) is 29.4 Å². The highest BCUT2D eigenvalue weighted by atomic mass is 32.2. The van der Waals surface area contributed by atoms with Gasteiger partial charge in [0.1, 0.15) is 5.75 Å². The van der Waals surface area contributed by atoms with E-state index >= 15 is 0 Å². The Kier molecular flexibility index (Phi) is 7.07. The van der Waals surface area contributed by atoms with Crippen molar-refractivity contribution in [2.75, 3.05) is 4.31 Å². The molecule has 0 aromatic heterocycles. The number of amides is 1. The van der Waals surface area contributed by atoms with Crippen LogP contribution in [0, 0.1) is 0 Å². The molecule has 0 bridgehead atoms. The molecular formula is C24H25NO5S. The Bertz CT molecular complexity index is 1190. The van der Waals surface area contributed by atoms with Crippen LogP contribution in [0.3, 0.4) is 0 Å². The summed E-state index contributed by atoms with van der Waals surface area (Å²) in [7, 11) is -4.14. The molecule has 1 amide bonds. The van der Waals surface area contributed by atoms with Gasteiger partial charge in [-0.05, 0) is 37.1 Å². The van der Waals surface area contributed by atoms with Gasteiger partial charge in [0, 0.05) is 23.6 Å². The number of benzene rings is 3. The zero-order valence-corrected chi connectivity index (χ0v) is 18.4. The maximum absolute atomic E-state index is 13.5. The van der Waals surface area contributed by atoms with E-state index in [4.69, 9.17) is 4.74 Å². The summed E-state index contributed by atoms with van der Waals surface area (Å²) in [5.41, 5.74) is 0.230. The summed E-state index contributed by atoms with van der Waals surface area (Å²) in [4.78, 5) is 25.1. The number of carbonyl (C=O) groups excluding carboxylic acids is 2. The zero-order chi connectivity index (χ0) is 22.4. The summed E-state index contributed by atoms with van der Waals surface area (Å²) in [6.45, 7) is 3.70. The van der Waals surface area contributed by atoms with Crippen LogP contribution in [0.5, 0.6) is 5.75 Å². The third-order valence-corrected chi connectivity index (χ3v) is 6.48. The van der Waals surface area contributed by atoms with E-state index in [2.05, 4.69) is 0 Å². The highest BCUT2D eigenvalue weighted by Crippen LogP contribution is 2.37. The third-order valence-electron chi connectivity index (χ3n) is 4.73. The largest absolute Gasteiger partial charge is 0.426 e. The van der Waals surface area contributed by atoms with Crippen molar-refractivity contribution < 1.29 is 22.7 Å². The minimum atomic E-state index is -4.14. The van der Waals surface area contributed by atoms with Gasteiger partial charge in [-0.3, -0.25) is 9.59 Å². The molecular weight excluding hydrogens is 414 g/mol. The van der Waals surface area contributed by atoms with Gasteiger partial charge in [-0.2, -0.15) is 0 Å². The summed E-state index contributed by atoms with van der Waals surface area (Å²) >= 11 is 0. The predicted octanol–water partition coefficient (Wildman–Crippen LogP) is 5.07. The number of ether oxygens (including phenoxy) is 1. The first-order valence-corrected chi connectivity index (χ1v) is 11.7. The number of anilines is 1. The number of fused-ring (bicyclic) bond motifs is 1. The molecule has 6 nitrogen and oxygen atoms in total. The van der Waals surface area contributed by atoms with Gasteiger partial charge < -0.3 is 4.74 Å². The topological polar surface area (TPSA) is 80.8 Å². The highest BCUT2D eigenvalue weighted by molar-refractivity contribution is 7.93. The summed E-state index contributed by atoms with van der Waals surface area (Å²) in [5.74, 6) is -0.554. The summed E-state index contributed by atoms with van der Waals surface area (Å²) < 4.78 is 33.3. The second-order valence-corrected chi connectivity index (χ2v) is 8.87. The SMILES string of the molecule is CCCC(=O)Oc1ccc(N(C(=O)CCC)S(=O)(=O)c2ccccc2)c2ccccc12. The van der Waals surface area contributed by atoms with E-state index in [1.54, 1.807) is 42.5 Å². The molecule has 0 atom stereocenters. The number of hydrogen-bond donors (Lipinski definition) is 0. The van der Waals surface area contributed by atoms with Crippen LogP contribution in [0.25, 0.3) is 10.8 Å². The van der Waals surface area contributed by atoms with E-state index in [0.717, 1.165) is 4.31 Å². The second kappa shape index (κ2) is 9.75. The van der Waals surface area contributed by atoms with Gasteiger partial charge in [0.05, 0.1) is 10.6 Å². The Balaban J connectivity index is 2.20. The Morgan fingerprint density at radius 2 is 1.42 bits per heavy atom. The van der Waals surface area contributed by atoms with Gasteiger partial charge >= 0.3 is 5.97 Å². The average molecular weight is 440 g/mol. The molecule has 0 saturated carbocycles. The Morgan fingerprint density at radius 3 is 2.06 bits per heavy atom. The van der Waals surface area contributed by atoms with E-state index < -0.39 is 15.9 Å². The van der Waals surface area contributed by atoms with Crippen molar-refractivity contribution in [1.29, 1.82) is 0 Å². The lowest BCUT2D eigenvalue weighted by Gasteiger charge is -2.24. The first kappa shape index (κ1) is 22.5. The summed E-state index contributed by atoms with van der Waals surface area (Å²) in [5, 5.41) is 1.07. The smallest absolute Gasteiger partial charge is 0.311 e. The second-order valence-electron chi connectivity index (χ2n) is 7.08.